The molecule has 10 radical (unpaired) electrons. The fourth-order valence-electron chi connectivity index (χ4n) is 2.22. The Labute approximate surface area is 156 Å². The van der Waals surface area contributed by atoms with E-state index in [1.807, 2.05) is 58.8 Å². The fraction of sp³-hybridized carbons (Fsp3) is 0.200. The Balaban J connectivity index is 0.000000412. The van der Waals surface area contributed by atoms with Crippen LogP contribution in [0.4, 0.5) is 0 Å². The first kappa shape index (κ1) is 21.2. The number of carbonyl (C=O) groups is 2. The van der Waals surface area contributed by atoms with Crippen LogP contribution in [-0.4, -0.2) is 17.7 Å². The van der Waals surface area contributed by atoms with Crippen LogP contribution in [0.25, 0.3) is 0 Å². The number of allylic oxidation sites excluding steroid dienone is 3. The molecule has 3 aliphatic rings. The van der Waals surface area contributed by atoms with Gasteiger partial charge in [0.25, 0.3) is 0 Å². The predicted octanol–water partition coefficient (Wildman–Crippen LogP) is 3.19. The summed E-state index contributed by atoms with van der Waals surface area (Å²) in [6.45, 7) is 5.30. The maximum atomic E-state index is 12.1. The zero-order valence-corrected chi connectivity index (χ0v) is 15.0. The van der Waals surface area contributed by atoms with E-state index in [9.17, 15) is 9.59 Å². The van der Waals surface area contributed by atoms with E-state index in [4.69, 9.17) is 4.74 Å². The zero-order chi connectivity index (χ0) is 16.8. The monoisotopic (exact) mass is 364 g/mol. The van der Waals surface area contributed by atoms with Crippen molar-refractivity contribution in [1.82, 2.24) is 0 Å². The number of rotatable bonds is 3. The smallest absolute Gasteiger partial charge is 0.223 e. The molecule has 3 rings (SSSR count). The van der Waals surface area contributed by atoms with Gasteiger partial charge in [0, 0.05) is 28.6 Å². The van der Waals surface area contributed by atoms with Crippen molar-refractivity contribution in [3.05, 3.63) is 86.7 Å². The number of hydrogen-bond acceptors (Lipinski definition) is 3. The molecule has 0 saturated heterocycles. The van der Waals surface area contributed by atoms with E-state index in [0.29, 0.717) is 11.1 Å². The summed E-state index contributed by atoms with van der Waals surface area (Å²) in [7, 11) is 0. The maximum Gasteiger partial charge on any atom is 0.223 e. The van der Waals surface area contributed by atoms with Crippen molar-refractivity contribution in [3.63, 3.8) is 0 Å². The summed E-state index contributed by atoms with van der Waals surface area (Å²) < 4.78 is 5.55. The minimum Gasteiger partial charge on any atom is -0.486 e. The molecule has 0 amide bonds. The third kappa shape index (κ3) is 5.60. The van der Waals surface area contributed by atoms with Crippen LogP contribution in [0, 0.1) is 63.7 Å². The molecule has 0 N–H and O–H groups in total. The molecule has 3 aliphatic carbocycles. The Kier molecular flexibility index (Phi) is 9.01. The molecule has 0 aromatic rings. The molecule has 0 unspecified atom stereocenters. The van der Waals surface area contributed by atoms with Gasteiger partial charge >= 0.3 is 0 Å². The Morgan fingerprint density at radius 3 is 1.83 bits per heavy atom. The van der Waals surface area contributed by atoms with Gasteiger partial charge in [0.2, 0.25) is 5.78 Å². The second-order valence-electron chi connectivity index (χ2n) is 5.53. The van der Waals surface area contributed by atoms with Crippen molar-refractivity contribution in [2.75, 3.05) is 0 Å². The standard InChI is InChI=1S/C15H15O3.C5H5.Fe/c1-9(2)18-15-13(11-6-4-5-7-11)12(16)8-10(3)14(15)17;1-2-4-5-3-1;/h4-9H,1-3H3;1-5H;. The minimum absolute atomic E-state index is 0. The second kappa shape index (κ2) is 10.2. The summed E-state index contributed by atoms with van der Waals surface area (Å²) in [4.78, 5) is 24.2. The molecule has 0 aliphatic heterocycles. The number of carbonyl (C=O) groups excluding carboxylic acids is 2. The Morgan fingerprint density at radius 1 is 0.875 bits per heavy atom. The fourth-order valence-corrected chi connectivity index (χ4v) is 2.22. The van der Waals surface area contributed by atoms with Gasteiger partial charge in [-0.1, -0.05) is 0 Å². The van der Waals surface area contributed by atoms with Gasteiger partial charge in [0.15, 0.2) is 11.5 Å². The van der Waals surface area contributed by atoms with Crippen LogP contribution in [0.2, 0.25) is 0 Å². The molecule has 3 nitrogen and oxygen atoms in total. The van der Waals surface area contributed by atoms with Gasteiger partial charge in [-0.25, -0.2) is 0 Å². The SMILES string of the molecule is CC1=CC(=O)C([C]2[CH][CH][CH][CH]2)=C(OC(C)C)C1=O.[CH]1[CH][CH][CH][CH]1.[Fe]. The van der Waals surface area contributed by atoms with Crippen LogP contribution in [0.5, 0.6) is 0 Å². The summed E-state index contributed by atoms with van der Waals surface area (Å²) in [5.41, 5.74) is 0.787. The summed E-state index contributed by atoms with van der Waals surface area (Å²) in [5.74, 6) is 0.516. The number of ketones is 2. The van der Waals surface area contributed by atoms with Gasteiger partial charge in [-0.2, -0.15) is 0 Å². The van der Waals surface area contributed by atoms with Crippen molar-refractivity contribution in [1.29, 1.82) is 0 Å². The molecule has 0 heterocycles. The average Bonchev–Trinajstić information content (AvgIpc) is 3.19. The van der Waals surface area contributed by atoms with Gasteiger partial charge in [0.1, 0.15) is 0 Å². The third-order valence-corrected chi connectivity index (χ3v) is 3.25. The first-order valence-electron chi connectivity index (χ1n) is 7.57. The average molecular weight is 364 g/mol. The van der Waals surface area contributed by atoms with Gasteiger partial charge in [0.05, 0.1) is 11.7 Å². The molecule has 0 bridgehead atoms. The van der Waals surface area contributed by atoms with Crippen molar-refractivity contribution < 1.29 is 31.4 Å². The second-order valence-corrected chi connectivity index (χ2v) is 5.53. The Bertz CT molecular complexity index is 499. The molecule has 2 fully saturated rings. The predicted molar refractivity (Wildman–Crippen MR) is 89.0 cm³/mol. The molecule has 4 heteroatoms. The van der Waals surface area contributed by atoms with Crippen LogP contribution < -0.4 is 0 Å². The topological polar surface area (TPSA) is 43.4 Å². The van der Waals surface area contributed by atoms with Crippen molar-refractivity contribution in [2.45, 2.75) is 26.9 Å². The molecule has 0 aromatic heterocycles. The normalized spacial score (nSPS) is 21.4. The molecule has 0 aromatic carbocycles. The van der Waals surface area contributed by atoms with Crippen LogP contribution in [-0.2, 0) is 31.4 Å². The molecule has 2 saturated carbocycles. The Hall–Kier alpha value is -0.861. The summed E-state index contributed by atoms with van der Waals surface area (Å²) in [6.07, 6.45) is 18.5. The molecular formula is C20H20FeO3. The van der Waals surface area contributed by atoms with Crippen LogP contribution in [0.15, 0.2) is 23.0 Å². The first-order chi connectivity index (χ1) is 11.0. The molecular weight excluding hydrogens is 344 g/mol. The first-order valence-corrected chi connectivity index (χ1v) is 7.57. The minimum atomic E-state index is -0.209. The zero-order valence-electron chi connectivity index (χ0n) is 13.9. The van der Waals surface area contributed by atoms with Crippen molar-refractivity contribution >= 4 is 11.6 Å². The number of Topliss-reactive ketones (excluding diaryl/α,β-unsaturated/α-hetero) is 1. The summed E-state index contributed by atoms with van der Waals surface area (Å²) >= 11 is 0. The number of hydrogen-bond donors (Lipinski definition) is 0. The van der Waals surface area contributed by atoms with E-state index >= 15 is 0 Å². The van der Waals surface area contributed by atoms with E-state index < -0.39 is 0 Å². The molecule has 24 heavy (non-hydrogen) atoms. The molecule has 0 spiro atoms. The van der Waals surface area contributed by atoms with E-state index in [1.54, 1.807) is 19.8 Å². The molecule has 126 valence electrons. The third-order valence-electron chi connectivity index (χ3n) is 3.25. The van der Waals surface area contributed by atoms with Crippen molar-refractivity contribution in [3.8, 4) is 0 Å². The number of ether oxygens (including phenoxy) is 1. The van der Waals surface area contributed by atoms with E-state index in [-0.39, 0.29) is 40.5 Å². The van der Waals surface area contributed by atoms with E-state index in [1.165, 1.54) is 6.08 Å². The van der Waals surface area contributed by atoms with E-state index in [2.05, 4.69) is 0 Å². The quantitative estimate of drug-likeness (QED) is 0.571. The summed E-state index contributed by atoms with van der Waals surface area (Å²) in [6, 6.07) is 0. The van der Waals surface area contributed by atoms with Gasteiger partial charge in [-0.15, -0.1) is 0 Å². The van der Waals surface area contributed by atoms with Crippen LogP contribution in [0.3, 0.4) is 0 Å². The van der Waals surface area contributed by atoms with Crippen LogP contribution in [0.1, 0.15) is 20.8 Å². The van der Waals surface area contributed by atoms with Gasteiger partial charge in [-0.05, 0) is 84.6 Å². The molecule has 0 atom stereocenters. The summed E-state index contributed by atoms with van der Waals surface area (Å²) in [5, 5.41) is 0. The van der Waals surface area contributed by atoms with Crippen molar-refractivity contribution in [2.24, 2.45) is 0 Å². The maximum absolute atomic E-state index is 12.1. The van der Waals surface area contributed by atoms with Gasteiger partial charge in [-0.3, -0.25) is 9.59 Å². The van der Waals surface area contributed by atoms with E-state index in [0.717, 1.165) is 5.92 Å². The van der Waals surface area contributed by atoms with Crippen LogP contribution >= 0.6 is 0 Å². The largest absolute Gasteiger partial charge is 0.486 e. The van der Waals surface area contributed by atoms with Gasteiger partial charge < -0.3 is 4.74 Å². The Morgan fingerprint density at radius 2 is 1.38 bits per heavy atom.